The van der Waals surface area contributed by atoms with E-state index in [2.05, 4.69) is 35.4 Å². The highest BCUT2D eigenvalue weighted by Gasteiger charge is 2.15. The number of hydrogen-bond donors (Lipinski definition) is 2. The summed E-state index contributed by atoms with van der Waals surface area (Å²) in [5.41, 5.74) is 1.87. The summed E-state index contributed by atoms with van der Waals surface area (Å²) in [6.07, 6.45) is 4.44. The maximum absolute atomic E-state index is 14.5. The van der Waals surface area contributed by atoms with Crippen LogP contribution in [-0.2, 0) is 6.54 Å². The average molecular weight is 471 g/mol. The quantitative estimate of drug-likeness (QED) is 0.392. The van der Waals surface area contributed by atoms with E-state index in [1.165, 1.54) is 24.3 Å². The number of fused-ring (bicyclic) bond motifs is 1. The van der Waals surface area contributed by atoms with E-state index in [1.54, 1.807) is 24.0 Å². The maximum Gasteiger partial charge on any atom is 0.388 e. The molecule has 1 atom stereocenters. The van der Waals surface area contributed by atoms with Crippen LogP contribution in [0.5, 0.6) is 5.88 Å². The van der Waals surface area contributed by atoms with Crippen molar-refractivity contribution in [3.8, 4) is 5.88 Å². The van der Waals surface area contributed by atoms with Crippen LogP contribution in [-0.4, -0.2) is 37.3 Å². The number of nitrogens with one attached hydrogen (secondary N) is 2. The third-order valence-electron chi connectivity index (χ3n) is 4.89. The van der Waals surface area contributed by atoms with E-state index in [1.807, 2.05) is 6.92 Å². The van der Waals surface area contributed by atoms with E-state index in [0.29, 0.717) is 29.2 Å². The van der Waals surface area contributed by atoms with Crippen molar-refractivity contribution in [1.82, 2.24) is 24.7 Å². The molecule has 176 valence electrons. The molecule has 0 bridgehead atoms. The number of carbonyl (C=O) groups excluding carboxylic acids is 1. The largest absolute Gasteiger partial charge is 0.417 e. The number of nitrogens with zero attached hydrogens (tertiary/aromatic N) is 5. The topological polar surface area (TPSA) is 107 Å². The molecule has 0 fully saturated rings. The summed E-state index contributed by atoms with van der Waals surface area (Å²) in [4.78, 5) is 24.9. The van der Waals surface area contributed by atoms with E-state index in [9.17, 15) is 18.0 Å². The van der Waals surface area contributed by atoms with Gasteiger partial charge in [0.15, 0.2) is 0 Å². The number of aryl methyl sites for hydroxylation is 1. The molecule has 0 saturated heterocycles. The van der Waals surface area contributed by atoms with Gasteiger partial charge in [0.2, 0.25) is 11.5 Å². The number of amides is 1. The number of rotatable bonds is 8. The first-order chi connectivity index (χ1) is 16.3. The smallest absolute Gasteiger partial charge is 0.388 e. The molecule has 2 N–H and O–H groups in total. The van der Waals surface area contributed by atoms with Gasteiger partial charge < -0.3 is 15.4 Å². The molecule has 0 radical (unpaired) electrons. The monoisotopic (exact) mass is 471 g/mol. The number of benzene rings is 1. The van der Waals surface area contributed by atoms with Crippen LogP contribution in [0.1, 0.15) is 35.8 Å². The molecule has 0 saturated carbocycles. The summed E-state index contributed by atoms with van der Waals surface area (Å²) in [5.74, 6) is -0.903. The molecule has 0 aliphatic rings. The highest BCUT2D eigenvalue weighted by atomic mass is 19.3. The lowest BCUT2D eigenvalue weighted by Gasteiger charge is -2.17. The second-order valence-electron chi connectivity index (χ2n) is 7.27. The van der Waals surface area contributed by atoms with Gasteiger partial charge in [0.05, 0.1) is 24.0 Å². The van der Waals surface area contributed by atoms with E-state index < -0.39 is 24.4 Å². The highest BCUT2D eigenvalue weighted by molar-refractivity contribution is 6.04. The van der Waals surface area contributed by atoms with Crippen molar-refractivity contribution in [1.29, 1.82) is 0 Å². The minimum atomic E-state index is -3.01. The Morgan fingerprint density at radius 2 is 2.00 bits per heavy atom. The van der Waals surface area contributed by atoms with Gasteiger partial charge in [-0.1, -0.05) is 0 Å². The Hall–Kier alpha value is -4.22. The van der Waals surface area contributed by atoms with E-state index in [4.69, 9.17) is 0 Å². The standard InChI is InChI=1S/C22H20F3N7O2/c1-3-32-11-17-20(31-32)30-18(10-26-17)28-12(2)15-8-14(5-6-16(15)23)29-21(33)13-4-7-19(27-9-13)34-22(24)25/h4-12,22H,3H2,1-2H3,(H,29,33)(H,28,30,31)/t12-/m0/s1. The Morgan fingerprint density at radius 3 is 2.71 bits per heavy atom. The van der Waals surface area contributed by atoms with Crippen LogP contribution < -0.4 is 15.4 Å². The molecule has 0 spiro atoms. The maximum atomic E-state index is 14.5. The van der Waals surface area contributed by atoms with Crippen molar-refractivity contribution in [2.75, 3.05) is 10.6 Å². The molecule has 1 amide bonds. The second-order valence-corrected chi connectivity index (χ2v) is 7.27. The van der Waals surface area contributed by atoms with Crippen molar-refractivity contribution in [3.63, 3.8) is 0 Å². The molecule has 3 aromatic heterocycles. The van der Waals surface area contributed by atoms with Gasteiger partial charge in [-0.2, -0.15) is 13.9 Å². The van der Waals surface area contributed by atoms with Gasteiger partial charge in [0.1, 0.15) is 17.2 Å². The Morgan fingerprint density at radius 1 is 1.18 bits per heavy atom. The minimum Gasteiger partial charge on any atom is -0.417 e. The Labute approximate surface area is 192 Å². The van der Waals surface area contributed by atoms with Crippen molar-refractivity contribution in [2.24, 2.45) is 0 Å². The van der Waals surface area contributed by atoms with Gasteiger partial charge in [-0.05, 0) is 38.1 Å². The highest BCUT2D eigenvalue weighted by Crippen LogP contribution is 2.25. The molecule has 12 heteroatoms. The zero-order valence-corrected chi connectivity index (χ0v) is 18.2. The Kier molecular flexibility index (Phi) is 6.57. The van der Waals surface area contributed by atoms with Gasteiger partial charge in [0, 0.05) is 30.1 Å². The zero-order chi connectivity index (χ0) is 24.2. The Balaban J connectivity index is 1.47. The predicted molar refractivity (Wildman–Crippen MR) is 118 cm³/mol. The molecule has 0 aliphatic carbocycles. The van der Waals surface area contributed by atoms with E-state index in [-0.39, 0.29) is 17.0 Å². The van der Waals surface area contributed by atoms with Crippen molar-refractivity contribution in [3.05, 3.63) is 65.9 Å². The van der Waals surface area contributed by atoms with Crippen LogP contribution in [0.2, 0.25) is 0 Å². The van der Waals surface area contributed by atoms with Crippen molar-refractivity contribution < 1.29 is 22.7 Å². The molecular formula is C22H20F3N7O2. The lowest BCUT2D eigenvalue weighted by molar-refractivity contribution is -0.0528. The zero-order valence-electron chi connectivity index (χ0n) is 18.2. The molecule has 4 rings (SSSR count). The number of aromatic nitrogens is 5. The van der Waals surface area contributed by atoms with Gasteiger partial charge in [-0.15, -0.1) is 0 Å². The van der Waals surface area contributed by atoms with Crippen LogP contribution in [0.3, 0.4) is 0 Å². The van der Waals surface area contributed by atoms with Gasteiger partial charge >= 0.3 is 6.61 Å². The molecule has 4 aromatic rings. The molecule has 0 aliphatic heterocycles. The number of alkyl halides is 2. The lowest BCUT2D eigenvalue weighted by Crippen LogP contribution is -2.14. The molecule has 3 heterocycles. The molecule has 34 heavy (non-hydrogen) atoms. The molecule has 0 unspecified atom stereocenters. The summed E-state index contributed by atoms with van der Waals surface area (Å²) in [5, 5.41) is 10.0. The first-order valence-corrected chi connectivity index (χ1v) is 10.3. The summed E-state index contributed by atoms with van der Waals surface area (Å²) in [6.45, 7) is 1.37. The molecule has 1 aromatic carbocycles. The summed E-state index contributed by atoms with van der Waals surface area (Å²) >= 11 is 0. The fraction of sp³-hybridized carbons (Fsp3) is 0.227. The number of halogens is 3. The SMILES string of the molecule is CCn1cc2ncc(N[C@@H](C)c3cc(NC(=O)c4ccc(OC(F)F)nc4)ccc3F)nc2n1. The fourth-order valence-corrected chi connectivity index (χ4v) is 3.21. The summed E-state index contributed by atoms with van der Waals surface area (Å²) in [7, 11) is 0. The van der Waals surface area contributed by atoms with Crippen molar-refractivity contribution in [2.45, 2.75) is 33.0 Å². The fourth-order valence-electron chi connectivity index (χ4n) is 3.21. The first kappa shape index (κ1) is 23.0. The summed E-state index contributed by atoms with van der Waals surface area (Å²) < 4.78 is 44.9. The van der Waals surface area contributed by atoms with Crippen molar-refractivity contribution >= 4 is 28.6 Å². The number of carbonyl (C=O) groups is 1. The number of hydrogen-bond acceptors (Lipinski definition) is 7. The Bertz CT molecular complexity index is 1310. The average Bonchev–Trinajstić information content (AvgIpc) is 3.23. The summed E-state index contributed by atoms with van der Waals surface area (Å²) in [6, 6.07) is 6.08. The van der Waals surface area contributed by atoms with Crippen LogP contribution in [0, 0.1) is 5.82 Å². The number of anilines is 2. The number of pyridine rings is 1. The normalized spacial score (nSPS) is 12.1. The van der Waals surface area contributed by atoms with Crippen LogP contribution in [0.25, 0.3) is 11.2 Å². The molecular weight excluding hydrogens is 451 g/mol. The van der Waals surface area contributed by atoms with Crippen LogP contribution in [0.4, 0.5) is 24.7 Å². The first-order valence-electron chi connectivity index (χ1n) is 10.3. The third-order valence-corrected chi connectivity index (χ3v) is 4.89. The lowest BCUT2D eigenvalue weighted by atomic mass is 10.1. The van der Waals surface area contributed by atoms with Gasteiger partial charge in [-0.3, -0.25) is 9.48 Å². The van der Waals surface area contributed by atoms with E-state index >= 15 is 0 Å². The van der Waals surface area contributed by atoms with E-state index in [0.717, 1.165) is 12.3 Å². The third kappa shape index (κ3) is 5.22. The van der Waals surface area contributed by atoms with Crippen LogP contribution in [0.15, 0.2) is 48.9 Å². The van der Waals surface area contributed by atoms with Gasteiger partial charge in [-0.25, -0.2) is 19.3 Å². The molecule has 9 nitrogen and oxygen atoms in total. The predicted octanol–water partition coefficient (Wildman–Crippen LogP) is 4.41. The van der Waals surface area contributed by atoms with Crippen LogP contribution >= 0.6 is 0 Å². The second kappa shape index (κ2) is 9.73. The minimum absolute atomic E-state index is 0.119. The van der Waals surface area contributed by atoms with Gasteiger partial charge in [0.25, 0.3) is 5.91 Å². The number of ether oxygens (including phenoxy) is 1.